The average Bonchev–Trinajstić information content (AvgIpc) is 2.86. The van der Waals surface area contributed by atoms with Gasteiger partial charge in [0.1, 0.15) is 11.8 Å². The summed E-state index contributed by atoms with van der Waals surface area (Å²) in [4.78, 5) is 30.0. The number of allylic oxidation sites excluding steroid dienone is 1. The van der Waals surface area contributed by atoms with Gasteiger partial charge in [0, 0.05) is 17.5 Å². The van der Waals surface area contributed by atoms with Crippen molar-refractivity contribution >= 4 is 34.5 Å². The number of carbonyl (C=O) groups is 2. The Balaban J connectivity index is 1.82. The molecule has 2 N–H and O–H groups in total. The number of ether oxygens (including phenoxy) is 4. The molecule has 0 aromatic heterocycles. The van der Waals surface area contributed by atoms with Gasteiger partial charge < -0.3 is 29.6 Å². The quantitative estimate of drug-likeness (QED) is 0.500. The molecule has 0 spiro atoms. The van der Waals surface area contributed by atoms with Crippen LogP contribution >= 0.6 is 11.8 Å². The van der Waals surface area contributed by atoms with Crippen molar-refractivity contribution < 1.29 is 28.5 Å². The summed E-state index contributed by atoms with van der Waals surface area (Å²) in [6, 6.07) is 11.9. The maximum Gasteiger partial charge on any atom is 0.338 e. The number of hydrogen-bond donors (Lipinski definition) is 2. The molecular weight excluding hydrogens is 470 g/mol. The SMILES string of the molecule is CCOC(=O)C1=C(C)NC(SCC(=O)Nc2cccc(OC)c2)=N[C@H]1c1ccc(OC)c(OC)c1. The van der Waals surface area contributed by atoms with Crippen LogP contribution in [0.3, 0.4) is 0 Å². The van der Waals surface area contributed by atoms with Gasteiger partial charge in [-0.1, -0.05) is 23.9 Å². The second-order valence-corrected chi connectivity index (χ2v) is 8.37. The number of amidine groups is 1. The van der Waals surface area contributed by atoms with E-state index in [1.54, 1.807) is 71.6 Å². The molecule has 186 valence electrons. The van der Waals surface area contributed by atoms with E-state index in [0.29, 0.717) is 39.4 Å². The highest BCUT2D eigenvalue weighted by Crippen LogP contribution is 2.37. The summed E-state index contributed by atoms with van der Waals surface area (Å²) in [7, 11) is 4.67. The van der Waals surface area contributed by atoms with Gasteiger partial charge in [-0.2, -0.15) is 0 Å². The number of amides is 1. The summed E-state index contributed by atoms with van der Waals surface area (Å²) in [5.74, 6) is 1.19. The number of methoxy groups -OCH3 is 3. The number of thioether (sulfide) groups is 1. The van der Waals surface area contributed by atoms with Gasteiger partial charge in [-0.3, -0.25) is 4.79 Å². The monoisotopic (exact) mass is 499 g/mol. The lowest BCUT2D eigenvalue weighted by atomic mass is 9.96. The van der Waals surface area contributed by atoms with Crippen molar-refractivity contribution in [1.29, 1.82) is 0 Å². The van der Waals surface area contributed by atoms with Gasteiger partial charge in [0.25, 0.3) is 0 Å². The van der Waals surface area contributed by atoms with E-state index in [4.69, 9.17) is 23.9 Å². The van der Waals surface area contributed by atoms with Crippen LogP contribution in [0.2, 0.25) is 0 Å². The molecule has 0 saturated heterocycles. The lowest BCUT2D eigenvalue weighted by Crippen LogP contribution is -2.31. The summed E-state index contributed by atoms with van der Waals surface area (Å²) in [5, 5.41) is 6.48. The Hall–Kier alpha value is -3.66. The minimum Gasteiger partial charge on any atom is -0.497 e. The van der Waals surface area contributed by atoms with Crippen molar-refractivity contribution in [1.82, 2.24) is 5.32 Å². The molecule has 2 aromatic carbocycles. The lowest BCUT2D eigenvalue weighted by Gasteiger charge is -2.26. The Labute approximate surface area is 208 Å². The van der Waals surface area contributed by atoms with E-state index < -0.39 is 12.0 Å². The number of hydrogen-bond acceptors (Lipinski definition) is 9. The molecule has 0 fully saturated rings. The number of rotatable bonds is 9. The van der Waals surface area contributed by atoms with Crippen LogP contribution in [0.4, 0.5) is 5.69 Å². The first-order valence-electron chi connectivity index (χ1n) is 10.9. The highest BCUT2D eigenvalue weighted by molar-refractivity contribution is 8.14. The Morgan fingerprint density at radius 2 is 1.83 bits per heavy atom. The molecule has 3 rings (SSSR count). The van der Waals surface area contributed by atoms with Crippen LogP contribution in [0.1, 0.15) is 25.5 Å². The molecule has 0 unspecified atom stereocenters. The van der Waals surface area contributed by atoms with Crippen molar-refractivity contribution in [3.63, 3.8) is 0 Å². The number of nitrogens with zero attached hydrogens (tertiary/aromatic N) is 1. The highest BCUT2D eigenvalue weighted by atomic mass is 32.2. The van der Waals surface area contributed by atoms with Crippen molar-refractivity contribution in [2.75, 3.05) is 39.0 Å². The number of anilines is 1. The van der Waals surface area contributed by atoms with Crippen LogP contribution in [0.15, 0.2) is 58.7 Å². The summed E-state index contributed by atoms with van der Waals surface area (Å²) in [5.41, 5.74) is 2.36. The molecule has 9 nitrogen and oxygen atoms in total. The highest BCUT2D eigenvalue weighted by Gasteiger charge is 2.31. The summed E-state index contributed by atoms with van der Waals surface area (Å²) < 4.78 is 21.2. The second kappa shape index (κ2) is 12.2. The number of carbonyl (C=O) groups excluding carboxylic acids is 2. The molecular formula is C25H29N3O6S. The van der Waals surface area contributed by atoms with Gasteiger partial charge >= 0.3 is 5.97 Å². The molecule has 0 bridgehead atoms. The van der Waals surface area contributed by atoms with E-state index in [9.17, 15) is 9.59 Å². The maximum absolute atomic E-state index is 12.8. The van der Waals surface area contributed by atoms with E-state index in [-0.39, 0.29) is 18.3 Å². The number of benzene rings is 2. The van der Waals surface area contributed by atoms with E-state index >= 15 is 0 Å². The zero-order valence-corrected chi connectivity index (χ0v) is 21.2. The van der Waals surface area contributed by atoms with E-state index in [1.807, 2.05) is 6.07 Å². The van der Waals surface area contributed by atoms with Crippen LogP contribution in [0.5, 0.6) is 17.2 Å². The van der Waals surface area contributed by atoms with Crippen molar-refractivity contribution in [2.24, 2.45) is 4.99 Å². The fourth-order valence-electron chi connectivity index (χ4n) is 3.49. The standard InChI is InChI=1S/C25H29N3O6S/c1-6-34-24(30)22-15(2)26-25(28-23(22)16-10-11-19(32-4)20(12-16)33-5)35-14-21(29)27-17-8-7-9-18(13-17)31-3/h7-13,23H,6,14H2,1-5H3,(H,26,28)(H,27,29)/t23-/m0/s1. The van der Waals surface area contributed by atoms with Gasteiger partial charge in [-0.25, -0.2) is 9.79 Å². The second-order valence-electron chi connectivity index (χ2n) is 7.40. The third kappa shape index (κ3) is 6.48. The largest absolute Gasteiger partial charge is 0.497 e. The van der Waals surface area contributed by atoms with Crippen LogP contribution in [0.25, 0.3) is 0 Å². The molecule has 1 heterocycles. The van der Waals surface area contributed by atoms with E-state index in [0.717, 1.165) is 5.56 Å². The predicted octanol–water partition coefficient (Wildman–Crippen LogP) is 3.92. The van der Waals surface area contributed by atoms with Crippen LogP contribution in [-0.4, -0.2) is 50.7 Å². The maximum atomic E-state index is 12.8. The molecule has 35 heavy (non-hydrogen) atoms. The van der Waals surface area contributed by atoms with Gasteiger partial charge in [0.15, 0.2) is 16.7 Å². The first-order valence-corrected chi connectivity index (χ1v) is 11.9. The summed E-state index contributed by atoms with van der Waals surface area (Å²) in [6.45, 7) is 3.77. The number of esters is 1. The minimum absolute atomic E-state index is 0.115. The van der Waals surface area contributed by atoms with Crippen LogP contribution < -0.4 is 24.8 Å². The van der Waals surface area contributed by atoms with Crippen LogP contribution in [0, 0.1) is 0 Å². The Morgan fingerprint density at radius 1 is 1.06 bits per heavy atom. The normalized spacial score (nSPS) is 15.0. The Morgan fingerprint density at radius 3 is 2.51 bits per heavy atom. The van der Waals surface area contributed by atoms with Gasteiger partial charge in [0.2, 0.25) is 5.91 Å². The van der Waals surface area contributed by atoms with Crippen molar-refractivity contribution in [3.8, 4) is 17.2 Å². The molecule has 1 aliphatic heterocycles. The average molecular weight is 500 g/mol. The number of aliphatic imine (C=N–C) groups is 1. The lowest BCUT2D eigenvalue weighted by molar-refractivity contribution is -0.139. The molecule has 0 aliphatic carbocycles. The predicted molar refractivity (Wildman–Crippen MR) is 136 cm³/mol. The van der Waals surface area contributed by atoms with E-state index in [1.165, 1.54) is 11.8 Å². The van der Waals surface area contributed by atoms with E-state index in [2.05, 4.69) is 10.6 Å². The Kier molecular flexibility index (Phi) is 9.02. The van der Waals surface area contributed by atoms with Gasteiger partial charge in [-0.05, 0) is 43.7 Å². The fourth-order valence-corrected chi connectivity index (χ4v) is 4.23. The topological polar surface area (TPSA) is 107 Å². The molecule has 1 aliphatic rings. The first kappa shape index (κ1) is 26.0. The fraction of sp³-hybridized carbons (Fsp3) is 0.320. The van der Waals surface area contributed by atoms with Crippen molar-refractivity contribution in [3.05, 3.63) is 59.3 Å². The summed E-state index contributed by atoms with van der Waals surface area (Å²) in [6.07, 6.45) is 0. The van der Waals surface area contributed by atoms with Crippen molar-refractivity contribution in [2.45, 2.75) is 19.9 Å². The molecule has 1 amide bonds. The molecule has 10 heteroatoms. The third-order valence-electron chi connectivity index (χ3n) is 5.13. The van der Waals surface area contributed by atoms with Crippen LogP contribution in [-0.2, 0) is 14.3 Å². The number of nitrogens with one attached hydrogen (secondary N) is 2. The Bertz CT molecular complexity index is 1150. The zero-order chi connectivity index (χ0) is 25.4. The molecule has 0 radical (unpaired) electrons. The smallest absolute Gasteiger partial charge is 0.338 e. The molecule has 2 aromatic rings. The molecule has 1 atom stereocenters. The third-order valence-corrected chi connectivity index (χ3v) is 6.02. The minimum atomic E-state index is -0.640. The summed E-state index contributed by atoms with van der Waals surface area (Å²) >= 11 is 1.23. The molecule has 0 saturated carbocycles. The van der Waals surface area contributed by atoms with Gasteiger partial charge in [0.05, 0.1) is 39.3 Å². The van der Waals surface area contributed by atoms with Gasteiger partial charge in [-0.15, -0.1) is 0 Å². The first-order chi connectivity index (χ1) is 16.9. The zero-order valence-electron chi connectivity index (χ0n) is 20.3.